The zero-order valence-electron chi connectivity index (χ0n) is 17.3. The molecule has 4 aliphatic carbocycles. The highest BCUT2D eigenvalue weighted by Crippen LogP contribution is 2.55. The van der Waals surface area contributed by atoms with Crippen LogP contribution in [0.25, 0.3) is 0 Å². The molecule has 0 aromatic heterocycles. The molecule has 5 nitrogen and oxygen atoms in total. The van der Waals surface area contributed by atoms with Gasteiger partial charge in [-0.05, 0) is 86.8 Å². The van der Waals surface area contributed by atoms with Gasteiger partial charge >= 0.3 is 0 Å². The second-order valence-corrected chi connectivity index (χ2v) is 10.4. The van der Waals surface area contributed by atoms with Crippen LogP contribution in [0.4, 0.5) is 4.39 Å². The molecule has 2 amide bonds. The molecule has 1 heterocycles. The molecule has 5 fully saturated rings. The summed E-state index contributed by atoms with van der Waals surface area (Å²) in [6.45, 7) is 0. The predicted octanol–water partition coefficient (Wildman–Crippen LogP) is 2.85. The maximum atomic E-state index is 13.2. The Hall–Kier alpha value is -1.95. The van der Waals surface area contributed by atoms with Gasteiger partial charge in [-0.3, -0.25) is 9.59 Å². The number of amides is 2. The van der Waals surface area contributed by atoms with Gasteiger partial charge in [-0.25, -0.2) is 4.39 Å². The minimum Gasteiger partial charge on any atom is -0.390 e. The Morgan fingerprint density at radius 1 is 1.17 bits per heavy atom. The van der Waals surface area contributed by atoms with Crippen LogP contribution < -0.4 is 10.6 Å². The van der Waals surface area contributed by atoms with Crippen LogP contribution in [0.5, 0.6) is 0 Å². The van der Waals surface area contributed by atoms with Crippen LogP contribution in [-0.4, -0.2) is 34.1 Å². The number of hydrogen-bond acceptors (Lipinski definition) is 3. The molecule has 1 aromatic rings. The fraction of sp³-hybridized carbons (Fsp3) is 0.667. The number of carbonyl (C=O) groups excluding carboxylic acids is 2. The summed E-state index contributed by atoms with van der Waals surface area (Å²) in [7, 11) is 0. The molecule has 3 unspecified atom stereocenters. The lowest BCUT2D eigenvalue weighted by molar-refractivity contribution is -0.146. The Kier molecular flexibility index (Phi) is 4.88. The van der Waals surface area contributed by atoms with Gasteiger partial charge in [-0.2, -0.15) is 0 Å². The van der Waals surface area contributed by atoms with Crippen LogP contribution in [0.15, 0.2) is 24.3 Å². The Morgan fingerprint density at radius 3 is 2.47 bits per heavy atom. The van der Waals surface area contributed by atoms with Crippen LogP contribution in [-0.2, 0) is 16.0 Å². The summed E-state index contributed by atoms with van der Waals surface area (Å²) in [4.78, 5) is 24.8. The first-order valence-electron chi connectivity index (χ1n) is 11.4. The van der Waals surface area contributed by atoms with Crippen molar-refractivity contribution in [2.24, 2.45) is 17.8 Å². The second kappa shape index (κ2) is 7.33. The third-order valence-corrected chi connectivity index (χ3v) is 8.09. The highest BCUT2D eigenvalue weighted by Gasteiger charge is 2.55. The van der Waals surface area contributed by atoms with Gasteiger partial charge in [0.25, 0.3) is 0 Å². The Balaban J connectivity index is 1.21. The fourth-order valence-corrected chi connectivity index (χ4v) is 7.00. The predicted molar refractivity (Wildman–Crippen MR) is 110 cm³/mol. The van der Waals surface area contributed by atoms with Crippen molar-refractivity contribution >= 4 is 11.8 Å². The smallest absolute Gasteiger partial charge is 0.220 e. The van der Waals surface area contributed by atoms with Crippen molar-refractivity contribution in [3.8, 4) is 0 Å². The molecule has 4 saturated carbocycles. The molecule has 3 N–H and O–H groups in total. The van der Waals surface area contributed by atoms with Crippen molar-refractivity contribution in [3.63, 3.8) is 0 Å². The molecule has 5 aliphatic rings. The zero-order chi connectivity index (χ0) is 20.9. The number of hydrogen-bond donors (Lipinski definition) is 3. The van der Waals surface area contributed by atoms with Crippen molar-refractivity contribution in [2.75, 3.05) is 0 Å². The normalized spacial score (nSPS) is 39.2. The van der Waals surface area contributed by atoms with E-state index in [9.17, 15) is 19.1 Å². The van der Waals surface area contributed by atoms with Crippen molar-refractivity contribution in [2.45, 2.75) is 81.4 Å². The van der Waals surface area contributed by atoms with Gasteiger partial charge in [0.1, 0.15) is 5.82 Å². The first-order valence-corrected chi connectivity index (χ1v) is 11.4. The summed E-state index contributed by atoms with van der Waals surface area (Å²) in [5.74, 6) is 1.19. The SMILES string of the molecule is O=C(CCC1(Cc2ccc(F)cc2)CCC(=O)N1)NC1C2CC3CC1CC(O)(C3)C2. The molecule has 1 aromatic carbocycles. The third-order valence-electron chi connectivity index (χ3n) is 8.09. The molecule has 6 heteroatoms. The lowest BCUT2D eigenvalue weighted by Crippen LogP contribution is -2.61. The van der Waals surface area contributed by atoms with Gasteiger partial charge in [0.15, 0.2) is 0 Å². The molecular weight excluding hydrogens is 383 g/mol. The molecule has 30 heavy (non-hydrogen) atoms. The van der Waals surface area contributed by atoms with Gasteiger partial charge in [0.2, 0.25) is 11.8 Å². The lowest BCUT2D eigenvalue weighted by Gasteiger charge is -2.58. The molecule has 3 atom stereocenters. The van der Waals surface area contributed by atoms with E-state index >= 15 is 0 Å². The molecule has 162 valence electrons. The largest absolute Gasteiger partial charge is 0.390 e. The maximum Gasteiger partial charge on any atom is 0.220 e. The average Bonchev–Trinajstić information content (AvgIpc) is 3.04. The van der Waals surface area contributed by atoms with Gasteiger partial charge in [-0.1, -0.05) is 12.1 Å². The molecule has 4 bridgehead atoms. The number of rotatable bonds is 6. The summed E-state index contributed by atoms with van der Waals surface area (Å²) < 4.78 is 13.2. The van der Waals surface area contributed by atoms with Gasteiger partial charge in [-0.15, -0.1) is 0 Å². The van der Waals surface area contributed by atoms with Crippen LogP contribution in [0.2, 0.25) is 0 Å². The topological polar surface area (TPSA) is 78.4 Å². The van der Waals surface area contributed by atoms with E-state index in [0.717, 1.165) is 37.7 Å². The monoisotopic (exact) mass is 414 g/mol. The summed E-state index contributed by atoms with van der Waals surface area (Å²) in [5, 5.41) is 17.1. The lowest BCUT2D eigenvalue weighted by atomic mass is 9.52. The van der Waals surface area contributed by atoms with E-state index in [2.05, 4.69) is 10.6 Å². The summed E-state index contributed by atoms with van der Waals surface area (Å²) in [5.41, 5.74) is 0.0320. The Morgan fingerprint density at radius 2 is 1.87 bits per heavy atom. The Bertz CT molecular complexity index is 825. The number of aliphatic hydroxyl groups is 1. The molecule has 0 radical (unpaired) electrons. The van der Waals surface area contributed by atoms with E-state index in [-0.39, 0.29) is 23.7 Å². The number of benzene rings is 1. The number of nitrogens with one attached hydrogen (secondary N) is 2. The number of halogens is 1. The molecule has 1 saturated heterocycles. The molecule has 1 aliphatic heterocycles. The molecule has 6 rings (SSSR count). The average molecular weight is 415 g/mol. The minimum atomic E-state index is -0.495. The Labute approximate surface area is 176 Å². The van der Waals surface area contributed by atoms with Gasteiger partial charge < -0.3 is 15.7 Å². The summed E-state index contributed by atoms with van der Waals surface area (Å²) in [6, 6.07) is 6.56. The van der Waals surface area contributed by atoms with E-state index < -0.39 is 11.1 Å². The fourth-order valence-electron chi connectivity index (χ4n) is 7.00. The quantitative estimate of drug-likeness (QED) is 0.670. The second-order valence-electron chi connectivity index (χ2n) is 10.4. The first kappa shape index (κ1) is 20.0. The van der Waals surface area contributed by atoms with E-state index in [4.69, 9.17) is 0 Å². The van der Waals surface area contributed by atoms with E-state index in [1.807, 2.05) is 0 Å². The van der Waals surface area contributed by atoms with Crippen LogP contribution in [0.3, 0.4) is 0 Å². The third kappa shape index (κ3) is 3.86. The standard InChI is InChI=1S/C24H31FN2O3/c25-19-3-1-15(2-4-19)11-23(8-6-21(29)27-23)7-5-20(28)26-22-17-9-16-10-18(22)14-24(30,12-16)13-17/h1-4,16-18,22,30H,5-14H2,(H,26,28)(H,27,29). The van der Waals surface area contributed by atoms with Crippen LogP contribution in [0.1, 0.15) is 63.4 Å². The van der Waals surface area contributed by atoms with Gasteiger partial charge in [0, 0.05) is 24.4 Å². The maximum absolute atomic E-state index is 13.2. The molecule has 0 spiro atoms. The minimum absolute atomic E-state index is 0.0202. The van der Waals surface area contributed by atoms with E-state index in [0.29, 0.717) is 49.9 Å². The number of carbonyl (C=O) groups is 2. The molecular formula is C24H31FN2O3. The first-order chi connectivity index (χ1) is 14.3. The van der Waals surface area contributed by atoms with Crippen LogP contribution >= 0.6 is 0 Å². The van der Waals surface area contributed by atoms with E-state index in [1.54, 1.807) is 12.1 Å². The van der Waals surface area contributed by atoms with E-state index in [1.165, 1.54) is 12.1 Å². The van der Waals surface area contributed by atoms with Crippen molar-refractivity contribution in [3.05, 3.63) is 35.6 Å². The van der Waals surface area contributed by atoms with Crippen molar-refractivity contribution in [1.29, 1.82) is 0 Å². The summed E-state index contributed by atoms with van der Waals surface area (Å²) in [6.07, 6.45) is 7.52. The zero-order valence-corrected chi connectivity index (χ0v) is 17.3. The van der Waals surface area contributed by atoms with Crippen LogP contribution in [0, 0.1) is 23.6 Å². The highest BCUT2D eigenvalue weighted by atomic mass is 19.1. The van der Waals surface area contributed by atoms with Crippen molar-refractivity contribution < 1.29 is 19.1 Å². The van der Waals surface area contributed by atoms with Crippen molar-refractivity contribution in [1.82, 2.24) is 10.6 Å². The van der Waals surface area contributed by atoms with Gasteiger partial charge in [0.05, 0.1) is 5.60 Å². The highest BCUT2D eigenvalue weighted by molar-refractivity contribution is 5.80. The summed E-state index contributed by atoms with van der Waals surface area (Å²) >= 11 is 0.